The van der Waals surface area contributed by atoms with Gasteiger partial charge >= 0.3 is 0 Å². The second-order valence-corrected chi connectivity index (χ2v) is 14.5. The van der Waals surface area contributed by atoms with E-state index in [9.17, 15) is 0 Å². The predicted molar refractivity (Wildman–Crippen MR) is 235 cm³/mol. The Kier molecular flexibility index (Phi) is 7.60. The molecule has 0 saturated heterocycles. The van der Waals surface area contributed by atoms with Crippen molar-refractivity contribution in [2.45, 2.75) is 0 Å². The summed E-state index contributed by atoms with van der Waals surface area (Å²) in [6, 6.07) is 56.7. The summed E-state index contributed by atoms with van der Waals surface area (Å²) in [5.41, 5.74) is 7.76. The molecule has 0 bridgehead atoms. The molecule has 0 fully saturated rings. The van der Waals surface area contributed by atoms with E-state index in [0.717, 1.165) is 77.7 Å². The van der Waals surface area contributed by atoms with Crippen molar-refractivity contribution < 1.29 is 9.47 Å². The summed E-state index contributed by atoms with van der Waals surface area (Å²) in [7, 11) is 0. The highest BCUT2D eigenvalue weighted by Crippen LogP contribution is 2.43. The second kappa shape index (κ2) is 13.6. The standard InChI is InChI=1S/C50H32N8O2/c1-3-17-43-33(11-1)31-53-57(43)35-13-9-15-37(27-35)59-39-21-23-41-45(29-39)55(47-19-5-7-25-51-47)50-42-24-22-40(30-46(42)56(49(41)50)48-20-6-8-26-52-48)60-38-16-10-14-36(28-38)58-44-18-4-2-12-34(44)32-54-58/h1-32H. The van der Waals surface area contributed by atoms with Crippen LogP contribution in [0, 0.1) is 0 Å². The lowest BCUT2D eigenvalue weighted by Crippen LogP contribution is -1.98. The van der Waals surface area contributed by atoms with Crippen LogP contribution >= 0.6 is 0 Å². The molecule has 284 valence electrons. The average Bonchev–Trinajstić information content (AvgIpc) is 4.08. The lowest BCUT2D eigenvalue weighted by Gasteiger charge is -2.12. The van der Waals surface area contributed by atoms with E-state index in [0.29, 0.717) is 23.0 Å². The Morgan fingerprint density at radius 2 is 0.817 bits per heavy atom. The topological polar surface area (TPSA) is 89.7 Å². The predicted octanol–water partition coefficient (Wildman–Crippen LogP) is 11.8. The van der Waals surface area contributed by atoms with Crippen molar-refractivity contribution in [1.29, 1.82) is 0 Å². The first-order valence-corrected chi connectivity index (χ1v) is 19.6. The van der Waals surface area contributed by atoms with Gasteiger partial charge in [-0.15, -0.1) is 0 Å². The maximum Gasteiger partial charge on any atom is 0.137 e. The second-order valence-electron chi connectivity index (χ2n) is 14.5. The van der Waals surface area contributed by atoms with E-state index in [-0.39, 0.29) is 0 Å². The van der Waals surface area contributed by atoms with E-state index in [1.165, 1.54) is 0 Å². The Bertz CT molecular complexity index is 3330. The number of fused-ring (bicyclic) bond motifs is 7. The Morgan fingerprint density at radius 1 is 0.367 bits per heavy atom. The van der Waals surface area contributed by atoms with Gasteiger partial charge in [-0.2, -0.15) is 10.2 Å². The van der Waals surface area contributed by atoms with Gasteiger partial charge in [0.2, 0.25) is 0 Å². The monoisotopic (exact) mass is 776 g/mol. The lowest BCUT2D eigenvalue weighted by molar-refractivity contribution is 0.482. The summed E-state index contributed by atoms with van der Waals surface area (Å²) in [5, 5.41) is 13.5. The summed E-state index contributed by atoms with van der Waals surface area (Å²) >= 11 is 0. The van der Waals surface area contributed by atoms with Gasteiger partial charge in [0.1, 0.15) is 34.6 Å². The van der Waals surface area contributed by atoms with Crippen molar-refractivity contribution in [2.24, 2.45) is 0 Å². The number of hydrogen-bond donors (Lipinski definition) is 0. The van der Waals surface area contributed by atoms with E-state index < -0.39 is 0 Å². The first-order chi connectivity index (χ1) is 29.7. The molecule has 0 aliphatic heterocycles. The lowest BCUT2D eigenvalue weighted by atomic mass is 10.2. The van der Waals surface area contributed by atoms with E-state index in [1.807, 2.05) is 155 Å². The van der Waals surface area contributed by atoms with Gasteiger partial charge in [-0.1, -0.05) is 60.7 Å². The third-order valence-corrected chi connectivity index (χ3v) is 10.9. The number of hydrogen-bond acceptors (Lipinski definition) is 6. The number of pyridine rings is 2. The van der Waals surface area contributed by atoms with Crippen molar-refractivity contribution >= 4 is 54.6 Å². The molecule has 12 aromatic rings. The normalized spacial score (nSPS) is 11.7. The molecule has 0 radical (unpaired) electrons. The maximum atomic E-state index is 6.61. The molecular weight excluding hydrogens is 745 g/mol. The van der Waals surface area contributed by atoms with Crippen LogP contribution in [0.15, 0.2) is 195 Å². The summed E-state index contributed by atoms with van der Waals surface area (Å²) in [6.07, 6.45) is 7.40. The van der Waals surface area contributed by atoms with Gasteiger partial charge in [-0.25, -0.2) is 19.3 Å². The molecule has 6 aromatic heterocycles. The largest absolute Gasteiger partial charge is 0.457 e. The van der Waals surface area contributed by atoms with Crippen molar-refractivity contribution in [2.75, 3.05) is 0 Å². The Morgan fingerprint density at radius 3 is 1.28 bits per heavy atom. The Balaban J connectivity index is 0.994. The molecule has 60 heavy (non-hydrogen) atoms. The number of aromatic nitrogens is 8. The van der Waals surface area contributed by atoms with Gasteiger partial charge in [0, 0.05) is 58.2 Å². The molecule has 0 saturated carbocycles. The highest BCUT2D eigenvalue weighted by molar-refractivity contribution is 6.20. The third kappa shape index (κ3) is 5.50. The fourth-order valence-corrected chi connectivity index (χ4v) is 8.30. The van der Waals surface area contributed by atoms with Gasteiger partial charge in [0.15, 0.2) is 0 Å². The van der Waals surface area contributed by atoms with E-state index in [2.05, 4.69) is 67.9 Å². The molecule has 0 atom stereocenters. The van der Waals surface area contributed by atoms with Crippen LogP contribution in [-0.4, -0.2) is 38.7 Å². The minimum atomic E-state index is 0.692. The Labute approximate surface area is 342 Å². The smallest absolute Gasteiger partial charge is 0.137 e. The van der Waals surface area contributed by atoms with E-state index in [1.54, 1.807) is 0 Å². The molecule has 10 nitrogen and oxygen atoms in total. The fraction of sp³-hybridized carbons (Fsp3) is 0. The van der Waals surface area contributed by atoms with Crippen molar-refractivity contribution in [3.05, 3.63) is 195 Å². The maximum absolute atomic E-state index is 6.61. The summed E-state index contributed by atoms with van der Waals surface area (Å²) in [6.45, 7) is 0. The molecule has 0 spiro atoms. The molecule has 12 rings (SSSR count). The first kappa shape index (κ1) is 33.6. The number of para-hydroxylation sites is 2. The van der Waals surface area contributed by atoms with Gasteiger partial charge in [-0.05, 0) is 84.9 Å². The molecule has 6 aromatic carbocycles. The van der Waals surface area contributed by atoms with Crippen LogP contribution in [0.25, 0.3) is 77.7 Å². The van der Waals surface area contributed by atoms with Gasteiger partial charge in [0.25, 0.3) is 0 Å². The van der Waals surface area contributed by atoms with Crippen LogP contribution in [0.5, 0.6) is 23.0 Å². The molecule has 0 aliphatic carbocycles. The minimum Gasteiger partial charge on any atom is -0.457 e. The van der Waals surface area contributed by atoms with Crippen LogP contribution in [0.2, 0.25) is 0 Å². The number of nitrogens with zero attached hydrogens (tertiary/aromatic N) is 8. The van der Waals surface area contributed by atoms with Crippen LogP contribution < -0.4 is 9.47 Å². The molecular formula is C50H32N8O2. The quantitative estimate of drug-likeness (QED) is 0.153. The van der Waals surface area contributed by atoms with E-state index in [4.69, 9.17) is 19.4 Å². The van der Waals surface area contributed by atoms with Crippen molar-refractivity contribution in [1.82, 2.24) is 38.7 Å². The zero-order valence-electron chi connectivity index (χ0n) is 31.9. The van der Waals surface area contributed by atoms with Crippen molar-refractivity contribution in [3.8, 4) is 46.0 Å². The number of rotatable bonds is 8. The summed E-state index contributed by atoms with van der Waals surface area (Å²) < 4.78 is 21.5. The minimum absolute atomic E-state index is 0.692. The van der Waals surface area contributed by atoms with Crippen LogP contribution in [-0.2, 0) is 0 Å². The molecule has 0 N–H and O–H groups in total. The van der Waals surface area contributed by atoms with Crippen LogP contribution in [0.4, 0.5) is 0 Å². The average molecular weight is 777 g/mol. The third-order valence-electron chi connectivity index (χ3n) is 10.9. The molecule has 6 heterocycles. The summed E-state index contributed by atoms with van der Waals surface area (Å²) in [4.78, 5) is 9.73. The Hall–Kier alpha value is -8.50. The van der Waals surface area contributed by atoms with Gasteiger partial charge in [-0.3, -0.25) is 9.13 Å². The molecule has 0 amide bonds. The molecule has 10 heteroatoms. The highest BCUT2D eigenvalue weighted by atomic mass is 16.5. The van der Waals surface area contributed by atoms with Crippen LogP contribution in [0.1, 0.15) is 0 Å². The van der Waals surface area contributed by atoms with E-state index >= 15 is 0 Å². The highest BCUT2D eigenvalue weighted by Gasteiger charge is 2.24. The molecule has 0 unspecified atom stereocenters. The number of benzene rings is 6. The van der Waals surface area contributed by atoms with Gasteiger partial charge < -0.3 is 9.47 Å². The molecule has 0 aliphatic rings. The SMILES string of the molecule is c1ccc(-n2c3cc(Oc4cccc(-n5ncc6ccccc65)c4)ccc3c3c2c2ccc(Oc4cccc(-n5ncc6ccccc65)c4)cc2n3-c2ccccn2)nc1. The number of ether oxygens (including phenoxy) is 2. The van der Waals surface area contributed by atoms with Crippen molar-refractivity contribution in [3.63, 3.8) is 0 Å². The zero-order valence-corrected chi connectivity index (χ0v) is 31.9. The van der Waals surface area contributed by atoms with Crippen LogP contribution in [0.3, 0.4) is 0 Å². The first-order valence-electron chi connectivity index (χ1n) is 19.6. The zero-order chi connectivity index (χ0) is 39.6. The summed E-state index contributed by atoms with van der Waals surface area (Å²) in [5.74, 6) is 4.35. The fourth-order valence-electron chi connectivity index (χ4n) is 8.30. The van der Waals surface area contributed by atoms with Gasteiger partial charge in [0.05, 0.1) is 56.9 Å².